The van der Waals surface area contributed by atoms with E-state index in [2.05, 4.69) is 41.5 Å². The molecule has 0 bridgehead atoms. The summed E-state index contributed by atoms with van der Waals surface area (Å²) in [5, 5.41) is 10.7. The summed E-state index contributed by atoms with van der Waals surface area (Å²) >= 11 is 0. The van der Waals surface area contributed by atoms with Crippen LogP contribution in [-0.4, -0.2) is 96.7 Å². The lowest BCUT2D eigenvalue weighted by Crippen LogP contribution is -2.30. The van der Waals surface area contributed by atoms with E-state index in [-0.39, 0.29) is 25.7 Å². The molecule has 3 N–H and O–H groups in total. The molecule has 0 saturated heterocycles. The smallest absolute Gasteiger partial charge is 0.462 e. The molecule has 0 rings (SSSR count). The van der Waals surface area contributed by atoms with Gasteiger partial charge in [0, 0.05) is 25.7 Å². The second kappa shape index (κ2) is 82.2. The highest BCUT2D eigenvalue weighted by molar-refractivity contribution is 7.47. The van der Waals surface area contributed by atoms with E-state index in [0.29, 0.717) is 25.7 Å². The van der Waals surface area contributed by atoms with Gasteiger partial charge < -0.3 is 33.8 Å². The molecule has 0 spiro atoms. The van der Waals surface area contributed by atoms with E-state index in [1.807, 2.05) is 0 Å². The van der Waals surface area contributed by atoms with Gasteiger partial charge in [-0.3, -0.25) is 37.3 Å². The fourth-order valence-electron chi connectivity index (χ4n) is 14.3. The van der Waals surface area contributed by atoms with Gasteiger partial charge in [0.05, 0.1) is 26.4 Å². The fourth-order valence-corrected chi connectivity index (χ4v) is 15.9. The SMILES string of the molecule is CCCCCCCCCCCCCCCCCCCCCCCCC(=O)OC[C@H](COP(=O)(O)OC[C@@H](O)COP(=O)(O)OC[C@@H](COC(=O)CCCCCCCCCCC(C)C)OC(=O)CCCCCCCCCCCCCCCCC)OC(=O)CCCCCCCCCCCCCCCCCCCCC(C)CC. The molecule has 0 aromatic rings. The van der Waals surface area contributed by atoms with Gasteiger partial charge in [0.2, 0.25) is 0 Å². The molecule has 0 aliphatic rings. The molecule has 0 aliphatic carbocycles. The van der Waals surface area contributed by atoms with E-state index >= 15 is 0 Å². The van der Waals surface area contributed by atoms with E-state index < -0.39 is 97.5 Å². The maximum Gasteiger partial charge on any atom is 0.472 e. The molecule has 19 heteroatoms. The van der Waals surface area contributed by atoms with Gasteiger partial charge in [0.25, 0.3) is 0 Å². The summed E-state index contributed by atoms with van der Waals surface area (Å²) < 4.78 is 69.0. The zero-order chi connectivity index (χ0) is 80.6. The van der Waals surface area contributed by atoms with Crippen LogP contribution < -0.4 is 0 Å². The Hall–Kier alpha value is -1.94. The molecule has 654 valence electrons. The van der Waals surface area contributed by atoms with E-state index in [0.717, 1.165) is 102 Å². The highest BCUT2D eigenvalue weighted by Gasteiger charge is 2.31. The second-order valence-corrected chi connectivity index (χ2v) is 36.3. The first-order chi connectivity index (χ1) is 53.4. The number of aliphatic hydroxyl groups is 1. The van der Waals surface area contributed by atoms with Crippen LogP contribution in [0.4, 0.5) is 0 Å². The largest absolute Gasteiger partial charge is 0.472 e. The zero-order valence-electron chi connectivity index (χ0n) is 72.6. The Labute approximate surface area is 677 Å². The molecular weight excluding hydrogens is 1430 g/mol. The lowest BCUT2D eigenvalue weighted by atomic mass is 9.99. The van der Waals surface area contributed by atoms with Crippen LogP contribution in [0.15, 0.2) is 0 Å². The Morgan fingerprint density at radius 1 is 0.264 bits per heavy atom. The summed E-state index contributed by atoms with van der Waals surface area (Å²) in [6.07, 6.45) is 76.6. The van der Waals surface area contributed by atoms with Crippen LogP contribution >= 0.6 is 15.6 Å². The Bertz CT molecular complexity index is 2100. The van der Waals surface area contributed by atoms with Crippen LogP contribution in [0.25, 0.3) is 0 Å². The van der Waals surface area contributed by atoms with Crippen molar-refractivity contribution >= 4 is 39.5 Å². The van der Waals surface area contributed by atoms with Crippen LogP contribution in [-0.2, 0) is 65.4 Å². The molecule has 0 aromatic heterocycles. The van der Waals surface area contributed by atoms with Gasteiger partial charge in [-0.1, -0.05) is 440 Å². The van der Waals surface area contributed by atoms with Gasteiger partial charge in [0.1, 0.15) is 19.3 Å². The molecule has 6 atom stereocenters. The number of unbranched alkanes of at least 4 members (excludes halogenated alkanes) is 59. The lowest BCUT2D eigenvalue weighted by Gasteiger charge is -2.21. The second-order valence-electron chi connectivity index (χ2n) is 33.4. The van der Waals surface area contributed by atoms with Crippen molar-refractivity contribution in [1.82, 2.24) is 0 Å². The molecule has 0 fully saturated rings. The normalized spacial score (nSPS) is 14.0. The summed E-state index contributed by atoms with van der Waals surface area (Å²) in [7, 11) is -9.93. The summed E-state index contributed by atoms with van der Waals surface area (Å²) in [4.78, 5) is 73.4. The fraction of sp³-hybridized carbons (Fsp3) is 0.956. The number of ether oxygens (including phenoxy) is 4. The zero-order valence-corrected chi connectivity index (χ0v) is 74.4. The maximum atomic E-state index is 13.2. The number of esters is 4. The molecule has 0 aromatic carbocycles. The molecule has 3 unspecified atom stereocenters. The summed E-state index contributed by atoms with van der Waals surface area (Å²) in [6, 6.07) is 0. The summed E-state index contributed by atoms with van der Waals surface area (Å²) in [5.74, 6) is -0.500. The topological polar surface area (TPSA) is 237 Å². The Kier molecular flexibility index (Phi) is 80.7. The number of hydrogen-bond acceptors (Lipinski definition) is 15. The quantitative estimate of drug-likeness (QED) is 0.0222. The Morgan fingerprint density at radius 2 is 0.464 bits per heavy atom. The standard InChI is InChI=1S/C91H178O17P2/c1-7-10-12-14-16-18-20-22-24-25-26-27-28-29-33-37-40-44-48-55-61-67-73-88(93)101-79-86(107-90(95)76-70-64-58-50-46-42-38-34-31-30-32-36-39-43-47-54-60-66-72-84(6)9-3)81-105-109(97,98)103-77-85(92)78-104-110(99,100)106-82-87(80-102-89(94)74-68-62-56-52-51-53-59-65-71-83(4)5)108-91(96)75-69-63-57-49-45-41-35-23-21-19-17-15-13-11-8-2/h83-87,92H,7-82H2,1-6H3,(H,97,98)(H,99,100)/t84?,85-,86-,87-/m1/s1. The van der Waals surface area contributed by atoms with Gasteiger partial charge >= 0.3 is 39.5 Å². The van der Waals surface area contributed by atoms with Crippen molar-refractivity contribution in [3.05, 3.63) is 0 Å². The minimum atomic E-state index is -4.97. The molecule has 0 aliphatic heterocycles. The van der Waals surface area contributed by atoms with Crippen LogP contribution in [0.1, 0.15) is 491 Å². The third-order valence-corrected chi connectivity index (χ3v) is 23.7. The number of carbonyl (C=O) groups excluding carboxylic acids is 4. The van der Waals surface area contributed by atoms with Crippen LogP contribution in [0.2, 0.25) is 0 Å². The van der Waals surface area contributed by atoms with Crippen molar-refractivity contribution in [2.75, 3.05) is 39.6 Å². The third kappa shape index (κ3) is 82.6. The summed E-state index contributed by atoms with van der Waals surface area (Å²) in [6.45, 7) is 9.73. The molecular formula is C91H178O17P2. The number of phosphoric acid groups is 2. The first kappa shape index (κ1) is 108. The van der Waals surface area contributed by atoms with Gasteiger partial charge in [-0.2, -0.15) is 0 Å². The molecule has 0 heterocycles. The minimum Gasteiger partial charge on any atom is -0.462 e. The predicted octanol–water partition coefficient (Wildman–Crippen LogP) is 28.2. The first-order valence-electron chi connectivity index (χ1n) is 47.0. The monoisotopic (exact) mass is 1610 g/mol. The Morgan fingerprint density at radius 3 is 0.691 bits per heavy atom. The molecule has 110 heavy (non-hydrogen) atoms. The number of carbonyl (C=O) groups is 4. The molecule has 0 amide bonds. The highest BCUT2D eigenvalue weighted by Crippen LogP contribution is 2.45. The van der Waals surface area contributed by atoms with Gasteiger partial charge in [-0.05, 0) is 37.5 Å². The number of hydrogen-bond donors (Lipinski definition) is 3. The van der Waals surface area contributed by atoms with Crippen molar-refractivity contribution < 1.29 is 80.2 Å². The predicted molar refractivity (Wildman–Crippen MR) is 455 cm³/mol. The number of phosphoric ester groups is 2. The van der Waals surface area contributed by atoms with Crippen molar-refractivity contribution in [3.8, 4) is 0 Å². The van der Waals surface area contributed by atoms with Crippen molar-refractivity contribution in [3.63, 3.8) is 0 Å². The van der Waals surface area contributed by atoms with Crippen molar-refractivity contribution in [2.24, 2.45) is 11.8 Å². The van der Waals surface area contributed by atoms with Crippen molar-refractivity contribution in [1.29, 1.82) is 0 Å². The van der Waals surface area contributed by atoms with E-state index in [1.165, 1.54) is 308 Å². The van der Waals surface area contributed by atoms with E-state index in [1.54, 1.807) is 0 Å². The van der Waals surface area contributed by atoms with Crippen LogP contribution in [0.3, 0.4) is 0 Å². The van der Waals surface area contributed by atoms with Gasteiger partial charge in [0.15, 0.2) is 12.2 Å². The first-order valence-corrected chi connectivity index (χ1v) is 50.0. The number of aliphatic hydroxyl groups excluding tert-OH is 1. The third-order valence-electron chi connectivity index (χ3n) is 21.8. The van der Waals surface area contributed by atoms with Gasteiger partial charge in [-0.15, -0.1) is 0 Å². The highest BCUT2D eigenvalue weighted by atomic mass is 31.2. The molecule has 17 nitrogen and oxygen atoms in total. The Balaban J connectivity index is 5.22. The minimum absolute atomic E-state index is 0.108. The average Bonchev–Trinajstić information content (AvgIpc) is 0.899. The maximum absolute atomic E-state index is 13.2. The van der Waals surface area contributed by atoms with Crippen molar-refractivity contribution in [2.45, 2.75) is 509 Å². The lowest BCUT2D eigenvalue weighted by molar-refractivity contribution is -0.161. The molecule has 0 radical (unpaired) electrons. The van der Waals surface area contributed by atoms with E-state index in [4.69, 9.17) is 37.0 Å². The summed E-state index contributed by atoms with van der Waals surface area (Å²) in [5.41, 5.74) is 0. The van der Waals surface area contributed by atoms with Crippen LogP contribution in [0.5, 0.6) is 0 Å². The number of rotatable bonds is 90. The average molecular weight is 1610 g/mol. The van der Waals surface area contributed by atoms with E-state index in [9.17, 15) is 43.2 Å². The van der Waals surface area contributed by atoms with Crippen LogP contribution in [0, 0.1) is 11.8 Å². The molecule has 0 saturated carbocycles. The van der Waals surface area contributed by atoms with Gasteiger partial charge in [-0.25, -0.2) is 9.13 Å².